The molecule has 1 fully saturated rings. The lowest BCUT2D eigenvalue weighted by molar-refractivity contribution is -0.131. The zero-order chi connectivity index (χ0) is 13.5. The van der Waals surface area contributed by atoms with E-state index in [0.29, 0.717) is 0 Å². The van der Waals surface area contributed by atoms with E-state index in [4.69, 9.17) is 5.11 Å². The lowest BCUT2D eigenvalue weighted by atomic mass is 10.1. The van der Waals surface area contributed by atoms with Crippen LogP contribution in [0.25, 0.3) is 6.08 Å². The molecule has 1 saturated carbocycles. The van der Waals surface area contributed by atoms with Gasteiger partial charge >= 0.3 is 5.97 Å². The van der Waals surface area contributed by atoms with Gasteiger partial charge < -0.3 is 5.11 Å². The Bertz CT molecular complexity index is 431. The van der Waals surface area contributed by atoms with Gasteiger partial charge in [-0.05, 0) is 41.7 Å². The van der Waals surface area contributed by atoms with Crippen LogP contribution >= 0.6 is 11.8 Å². The third kappa shape index (κ3) is 5.11. The van der Waals surface area contributed by atoms with Crippen LogP contribution in [0.5, 0.6) is 0 Å². The molecule has 19 heavy (non-hydrogen) atoms. The van der Waals surface area contributed by atoms with E-state index in [1.165, 1.54) is 43.1 Å². The quantitative estimate of drug-likeness (QED) is 0.791. The molecule has 0 atom stereocenters. The van der Waals surface area contributed by atoms with Crippen molar-refractivity contribution in [2.45, 2.75) is 31.4 Å². The van der Waals surface area contributed by atoms with Crippen LogP contribution in [0, 0.1) is 5.92 Å². The van der Waals surface area contributed by atoms with Crippen molar-refractivity contribution >= 4 is 23.8 Å². The van der Waals surface area contributed by atoms with Gasteiger partial charge in [0.15, 0.2) is 0 Å². The first-order valence-corrected chi connectivity index (χ1v) is 7.97. The van der Waals surface area contributed by atoms with Gasteiger partial charge in [0.2, 0.25) is 0 Å². The van der Waals surface area contributed by atoms with Crippen molar-refractivity contribution in [3.05, 3.63) is 41.5 Å². The highest BCUT2D eigenvalue weighted by Crippen LogP contribution is 2.29. The molecule has 0 spiro atoms. The topological polar surface area (TPSA) is 37.3 Å². The van der Waals surface area contributed by atoms with Gasteiger partial charge in [0, 0.05) is 11.8 Å². The summed E-state index contributed by atoms with van der Waals surface area (Å²) >= 11 is 2.02. The number of carboxylic acid groups (broad SMARTS) is 1. The third-order valence-electron chi connectivity index (χ3n) is 3.50. The summed E-state index contributed by atoms with van der Waals surface area (Å²) in [7, 11) is 0. The minimum atomic E-state index is -0.906. The van der Waals surface area contributed by atoms with E-state index in [2.05, 4.69) is 12.1 Å². The molecule has 1 aliphatic rings. The van der Waals surface area contributed by atoms with Gasteiger partial charge in [0.05, 0.1) is 0 Å². The minimum Gasteiger partial charge on any atom is -0.478 e. The zero-order valence-electron chi connectivity index (χ0n) is 11.0. The van der Waals surface area contributed by atoms with E-state index >= 15 is 0 Å². The average Bonchev–Trinajstić information content (AvgIpc) is 2.91. The summed E-state index contributed by atoms with van der Waals surface area (Å²) in [6.45, 7) is 0. The van der Waals surface area contributed by atoms with Crippen molar-refractivity contribution in [2.75, 3.05) is 5.75 Å². The molecular weight excluding hydrogens is 256 g/mol. The molecule has 0 amide bonds. The summed E-state index contributed by atoms with van der Waals surface area (Å²) in [6, 6.07) is 8.13. The fourth-order valence-corrected chi connectivity index (χ4v) is 3.63. The molecule has 1 aromatic rings. The molecule has 0 unspecified atom stereocenters. The summed E-state index contributed by atoms with van der Waals surface area (Å²) in [4.78, 5) is 10.4. The van der Waals surface area contributed by atoms with E-state index in [1.54, 1.807) is 6.08 Å². The van der Waals surface area contributed by atoms with Crippen molar-refractivity contribution in [1.82, 2.24) is 0 Å². The van der Waals surface area contributed by atoms with Gasteiger partial charge in [-0.3, -0.25) is 0 Å². The van der Waals surface area contributed by atoms with E-state index < -0.39 is 5.97 Å². The van der Waals surface area contributed by atoms with Gasteiger partial charge in [0.25, 0.3) is 0 Å². The van der Waals surface area contributed by atoms with Gasteiger partial charge in [-0.2, -0.15) is 11.8 Å². The van der Waals surface area contributed by atoms with Crippen molar-refractivity contribution in [3.8, 4) is 0 Å². The average molecular weight is 276 g/mol. The predicted octanol–water partition coefficient (Wildman–Crippen LogP) is 4.21. The Morgan fingerprint density at radius 2 is 1.95 bits per heavy atom. The summed E-state index contributed by atoms with van der Waals surface area (Å²) in [5.41, 5.74) is 2.25. The number of aliphatic carboxylic acids is 1. The monoisotopic (exact) mass is 276 g/mol. The number of rotatable bonds is 6. The van der Waals surface area contributed by atoms with Crippen LogP contribution in [-0.4, -0.2) is 16.8 Å². The molecule has 0 bridgehead atoms. The van der Waals surface area contributed by atoms with Gasteiger partial charge in [-0.1, -0.05) is 37.1 Å². The molecule has 0 aromatic heterocycles. The Hall–Kier alpha value is -1.22. The van der Waals surface area contributed by atoms with E-state index in [1.807, 2.05) is 23.9 Å². The summed E-state index contributed by atoms with van der Waals surface area (Å²) in [6.07, 6.45) is 8.44. The minimum absolute atomic E-state index is 0.906. The fourth-order valence-electron chi connectivity index (χ4n) is 2.41. The Balaban J connectivity index is 1.76. The van der Waals surface area contributed by atoms with Crippen LogP contribution in [0.1, 0.15) is 36.8 Å². The van der Waals surface area contributed by atoms with Gasteiger partial charge in [-0.15, -0.1) is 0 Å². The van der Waals surface area contributed by atoms with Gasteiger partial charge in [-0.25, -0.2) is 4.79 Å². The van der Waals surface area contributed by atoms with Crippen molar-refractivity contribution in [1.29, 1.82) is 0 Å². The first kappa shape index (κ1) is 14.2. The maximum atomic E-state index is 10.4. The molecule has 1 N–H and O–H groups in total. The SMILES string of the molecule is O=C(O)C=Cc1ccc(CSCC2CCCC2)cc1. The second-order valence-electron chi connectivity index (χ2n) is 5.08. The summed E-state index contributed by atoms with van der Waals surface area (Å²) in [5.74, 6) is 2.36. The van der Waals surface area contributed by atoms with Crippen LogP contribution in [-0.2, 0) is 10.5 Å². The number of carboxylic acids is 1. The molecule has 2 nitrogen and oxygen atoms in total. The molecule has 102 valence electrons. The van der Waals surface area contributed by atoms with Crippen molar-refractivity contribution in [3.63, 3.8) is 0 Å². The maximum Gasteiger partial charge on any atom is 0.328 e. The normalized spacial score (nSPS) is 16.2. The molecule has 0 heterocycles. The maximum absolute atomic E-state index is 10.4. The van der Waals surface area contributed by atoms with Crippen LogP contribution in [0.15, 0.2) is 30.3 Å². The molecule has 3 heteroatoms. The Kier molecular flexibility index (Phi) is 5.52. The number of hydrogen-bond acceptors (Lipinski definition) is 2. The van der Waals surface area contributed by atoms with Crippen LogP contribution in [0.3, 0.4) is 0 Å². The number of benzene rings is 1. The first-order valence-electron chi connectivity index (χ1n) is 6.82. The van der Waals surface area contributed by atoms with Crippen molar-refractivity contribution < 1.29 is 9.90 Å². The number of hydrogen-bond donors (Lipinski definition) is 1. The van der Waals surface area contributed by atoms with Crippen LogP contribution in [0.2, 0.25) is 0 Å². The summed E-state index contributed by atoms with van der Waals surface area (Å²) in [5, 5.41) is 8.56. The fraction of sp³-hybridized carbons (Fsp3) is 0.438. The molecule has 0 aliphatic heterocycles. The Morgan fingerprint density at radius 1 is 1.26 bits per heavy atom. The Labute approximate surface area is 118 Å². The predicted molar refractivity (Wildman–Crippen MR) is 81.2 cm³/mol. The standard InChI is InChI=1S/C16H20O2S/c17-16(18)10-9-13-5-7-15(8-6-13)12-19-11-14-3-1-2-4-14/h5-10,14H,1-4,11-12H2,(H,17,18). The van der Waals surface area contributed by atoms with E-state index in [9.17, 15) is 4.79 Å². The smallest absolute Gasteiger partial charge is 0.328 e. The molecule has 0 saturated heterocycles. The van der Waals surface area contributed by atoms with Gasteiger partial charge in [0.1, 0.15) is 0 Å². The largest absolute Gasteiger partial charge is 0.478 e. The lowest BCUT2D eigenvalue weighted by Crippen LogP contribution is -1.96. The molecular formula is C16H20O2S. The second-order valence-corrected chi connectivity index (χ2v) is 6.11. The van der Waals surface area contributed by atoms with Crippen LogP contribution in [0.4, 0.5) is 0 Å². The summed E-state index contributed by atoms with van der Waals surface area (Å²) < 4.78 is 0. The third-order valence-corrected chi connectivity index (χ3v) is 4.74. The second kappa shape index (κ2) is 7.39. The zero-order valence-corrected chi connectivity index (χ0v) is 11.9. The molecule has 2 rings (SSSR count). The molecule has 0 radical (unpaired) electrons. The van der Waals surface area contributed by atoms with E-state index in [0.717, 1.165) is 17.2 Å². The Morgan fingerprint density at radius 3 is 2.58 bits per heavy atom. The highest BCUT2D eigenvalue weighted by atomic mass is 32.2. The molecule has 1 aliphatic carbocycles. The van der Waals surface area contributed by atoms with E-state index in [-0.39, 0.29) is 0 Å². The van der Waals surface area contributed by atoms with Crippen LogP contribution < -0.4 is 0 Å². The number of thioether (sulfide) groups is 1. The number of carbonyl (C=O) groups is 1. The first-order chi connectivity index (χ1) is 9.24. The highest BCUT2D eigenvalue weighted by Gasteiger charge is 2.14. The highest BCUT2D eigenvalue weighted by molar-refractivity contribution is 7.98. The molecule has 1 aromatic carbocycles. The lowest BCUT2D eigenvalue weighted by Gasteiger charge is -2.08. The van der Waals surface area contributed by atoms with Crippen molar-refractivity contribution in [2.24, 2.45) is 5.92 Å².